The third kappa shape index (κ3) is 2.94. The van der Waals surface area contributed by atoms with E-state index in [2.05, 4.69) is 10.6 Å². The SMILES string of the molecule is COC(=O)[C@H]1NC[C@@H]2NCCC[C@@]21CCCB(O)O. The molecule has 0 saturated carbocycles. The Kier molecular flexibility index (Phi) is 4.84. The molecular weight excluding hydrogens is 247 g/mol. The molecule has 0 bridgehead atoms. The lowest BCUT2D eigenvalue weighted by Crippen LogP contribution is -2.54. The molecule has 0 aromatic heterocycles. The van der Waals surface area contributed by atoms with Gasteiger partial charge >= 0.3 is 13.1 Å². The standard InChI is InChI=1S/C12H23BN2O4/c1-19-11(16)10-12(4-2-6-13(17)18)5-3-7-14-9(12)8-15-10/h9-10,14-15,17-18H,2-8H2,1H3/t9-,10+,12-/m0/s1. The van der Waals surface area contributed by atoms with Crippen molar-refractivity contribution in [2.75, 3.05) is 20.2 Å². The minimum absolute atomic E-state index is 0.153. The van der Waals surface area contributed by atoms with E-state index in [-0.39, 0.29) is 23.5 Å². The maximum Gasteiger partial charge on any atom is 0.451 e. The number of fused-ring (bicyclic) bond motifs is 1. The summed E-state index contributed by atoms with van der Waals surface area (Å²) >= 11 is 0. The van der Waals surface area contributed by atoms with Crippen LogP contribution in [0, 0.1) is 5.41 Å². The summed E-state index contributed by atoms with van der Waals surface area (Å²) in [7, 11) is 0.149. The van der Waals surface area contributed by atoms with Crippen molar-refractivity contribution in [3.8, 4) is 0 Å². The van der Waals surface area contributed by atoms with Crippen LogP contribution in [0.3, 0.4) is 0 Å². The monoisotopic (exact) mass is 270 g/mol. The quantitative estimate of drug-likeness (QED) is 0.383. The molecule has 6 nitrogen and oxygen atoms in total. The van der Waals surface area contributed by atoms with Gasteiger partial charge in [-0.3, -0.25) is 4.79 Å². The Morgan fingerprint density at radius 3 is 2.95 bits per heavy atom. The number of hydrogen-bond acceptors (Lipinski definition) is 6. The number of esters is 1. The lowest BCUT2D eigenvalue weighted by atomic mass is 9.66. The van der Waals surface area contributed by atoms with Gasteiger partial charge in [-0.15, -0.1) is 0 Å². The molecule has 4 N–H and O–H groups in total. The molecule has 3 atom stereocenters. The molecule has 2 rings (SSSR count). The van der Waals surface area contributed by atoms with Gasteiger partial charge in [-0.05, 0) is 32.1 Å². The first-order chi connectivity index (χ1) is 9.10. The molecular formula is C12H23BN2O4. The fraction of sp³-hybridized carbons (Fsp3) is 0.917. The smallest absolute Gasteiger partial charge is 0.451 e. The third-order valence-electron chi connectivity index (χ3n) is 4.55. The molecule has 2 saturated heterocycles. The molecule has 108 valence electrons. The van der Waals surface area contributed by atoms with Gasteiger partial charge in [-0.25, -0.2) is 0 Å². The molecule has 19 heavy (non-hydrogen) atoms. The second kappa shape index (κ2) is 6.22. The lowest BCUT2D eigenvalue weighted by molar-refractivity contribution is -0.146. The fourth-order valence-electron chi connectivity index (χ4n) is 3.62. The average Bonchev–Trinajstić information content (AvgIpc) is 2.76. The number of ether oxygens (including phenoxy) is 1. The lowest BCUT2D eigenvalue weighted by Gasteiger charge is -2.42. The number of carbonyl (C=O) groups excluding carboxylic acids is 1. The highest BCUT2D eigenvalue weighted by Gasteiger charge is 2.54. The maximum absolute atomic E-state index is 12.0. The summed E-state index contributed by atoms with van der Waals surface area (Å²) in [5.74, 6) is -0.212. The Morgan fingerprint density at radius 1 is 1.47 bits per heavy atom. The van der Waals surface area contributed by atoms with E-state index < -0.39 is 7.12 Å². The van der Waals surface area contributed by atoms with Crippen molar-refractivity contribution in [2.24, 2.45) is 5.41 Å². The van der Waals surface area contributed by atoms with Crippen molar-refractivity contribution in [2.45, 2.75) is 44.1 Å². The Bertz CT molecular complexity index is 329. The van der Waals surface area contributed by atoms with Gasteiger partial charge in [-0.1, -0.05) is 6.42 Å². The number of methoxy groups -OCH3 is 1. The van der Waals surface area contributed by atoms with Crippen LogP contribution in [0.25, 0.3) is 0 Å². The van der Waals surface area contributed by atoms with E-state index in [1.807, 2.05) is 0 Å². The zero-order chi connectivity index (χ0) is 13.9. The Hall–Kier alpha value is -0.625. The van der Waals surface area contributed by atoms with Crippen molar-refractivity contribution in [1.29, 1.82) is 0 Å². The molecule has 0 unspecified atom stereocenters. The van der Waals surface area contributed by atoms with E-state index in [1.165, 1.54) is 7.11 Å². The summed E-state index contributed by atoms with van der Waals surface area (Å²) in [5.41, 5.74) is -0.153. The fourth-order valence-corrected chi connectivity index (χ4v) is 3.62. The number of hydrogen-bond donors (Lipinski definition) is 4. The van der Waals surface area contributed by atoms with Gasteiger partial charge in [0, 0.05) is 18.0 Å². The van der Waals surface area contributed by atoms with Gasteiger partial charge in [0.1, 0.15) is 6.04 Å². The molecule has 7 heteroatoms. The average molecular weight is 270 g/mol. The van der Waals surface area contributed by atoms with E-state index >= 15 is 0 Å². The van der Waals surface area contributed by atoms with Gasteiger partial charge in [0.05, 0.1) is 7.11 Å². The van der Waals surface area contributed by atoms with E-state index in [9.17, 15) is 4.79 Å². The van der Waals surface area contributed by atoms with Crippen LogP contribution < -0.4 is 10.6 Å². The van der Waals surface area contributed by atoms with Gasteiger partial charge in [0.15, 0.2) is 0 Å². The Morgan fingerprint density at radius 2 is 2.26 bits per heavy atom. The second-order valence-corrected chi connectivity index (χ2v) is 5.58. The van der Waals surface area contributed by atoms with Crippen molar-refractivity contribution in [1.82, 2.24) is 10.6 Å². The summed E-state index contributed by atoms with van der Waals surface area (Å²) < 4.78 is 4.91. The van der Waals surface area contributed by atoms with E-state index in [0.29, 0.717) is 12.7 Å². The van der Waals surface area contributed by atoms with E-state index in [1.54, 1.807) is 0 Å². The first-order valence-corrected chi connectivity index (χ1v) is 7.01. The maximum atomic E-state index is 12.0. The molecule has 0 spiro atoms. The second-order valence-electron chi connectivity index (χ2n) is 5.58. The molecule has 0 aromatic carbocycles. The Balaban J connectivity index is 2.09. The number of rotatable bonds is 5. The molecule has 2 heterocycles. The zero-order valence-electron chi connectivity index (χ0n) is 11.4. The van der Waals surface area contributed by atoms with Crippen molar-refractivity contribution in [3.63, 3.8) is 0 Å². The van der Waals surface area contributed by atoms with Crippen LogP contribution in [0.4, 0.5) is 0 Å². The first kappa shape index (κ1) is 14.8. The summed E-state index contributed by atoms with van der Waals surface area (Å²) in [5, 5.41) is 24.7. The summed E-state index contributed by atoms with van der Waals surface area (Å²) in [6.45, 7) is 1.74. The van der Waals surface area contributed by atoms with Crippen molar-refractivity contribution < 1.29 is 19.6 Å². The topological polar surface area (TPSA) is 90.8 Å². The van der Waals surface area contributed by atoms with Crippen LogP contribution in [0.2, 0.25) is 6.32 Å². The van der Waals surface area contributed by atoms with Gasteiger partial charge in [0.25, 0.3) is 0 Å². The highest BCUT2D eigenvalue weighted by atomic mass is 16.5. The highest BCUT2D eigenvalue weighted by Crippen LogP contribution is 2.43. The van der Waals surface area contributed by atoms with Gasteiger partial charge in [0.2, 0.25) is 0 Å². The van der Waals surface area contributed by atoms with Crippen LogP contribution in [-0.4, -0.2) is 55.4 Å². The predicted molar refractivity (Wildman–Crippen MR) is 71.5 cm³/mol. The minimum Gasteiger partial charge on any atom is -0.468 e. The number of nitrogens with one attached hydrogen (secondary N) is 2. The molecule has 0 aromatic rings. The van der Waals surface area contributed by atoms with Gasteiger partial charge in [-0.2, -0.15) is 0 Å². The normalized spacial score (nSPS) is 33.8. The number of piperidine rings is 1. The summed E-state index contributed by atoms with van der Waals surface area (Å²) in [6.07, 6.45) is 3.86. The minimum atomic E-state index is -1.27. The van der Waals surface area contributed by atoms with Crippen LogP contribution in [-0.2, 0) is 9.53 Å². The highest BCUT2D eigenvalue weighted by molar-refractivity contribution is 6.40. The van der Waals surface area contributed by atoms with Crippen molar-refractivity contribution in [3.05, 3.63) is 0 Å². The molecule has 2 aliphatic rings. The predicted octanol–water partition coefficient (Wildman–Crippen LogP) is -0.877. The summed E-state index contributed by atoms with van der Waals surface area (Å²) in [6, 6.07) is -0.0210. The van der Waals surface area contributed by atoms with Gasteiger partial charge < -0.3 is 25.4 Å². The largest absolute Gasteiger partial charge is 0.468 e. The van der Waals surface area contributed by atoms with E-state index in [0.717, 1.165) is 32.4 Å². The molecule has 0 amide bonds. The molecule has 0 radical (unpaired) electrons. The van der Waals surface area contributed by atoms with Crippen LogP contribution in [0.5, 0.6) is 0 Å². The molecule has 0 aliphatic carbocycles. The Labute approximate surface area is 114 Å². The molecule has 2 aliphatic heterocycles. The zero-order valence-corrected chi connectivity index (χ0v) is 11.4. The number of carbonyl (C=O) groups is 1. The van der Waals surface area contributed by atoms with E-state index in [4.69, 9.17) is 14.8 Å². The molecule has 2 fully saturated rings. The van der Waals surface area contributed by atoms with Crippen LogP contribution in [0.15, 0.2) is 0 Å². The first-order valence-electron chi connectivity index (χ1n) is 7.01. The van der Waals surface area contributed by atoms with Crippen molar-refractivity contribution >= 4 is 13.1 Å². The summed E-state index contributed by atoms with van der Waals surface area (Å²) in [4.78, 5) is 12.0. The third-order valence-corrected chi connectivity index (χ3v) is 4.55. The van der Waals surface area contributed by atoms with Crippen LogP contribution >= 0.6 is 0 Å². The van der Waals surface area contributed by atoms with Crippen LogP contribution in [0.1, 0.15) is 25.7 Å².